The van der Waals surface area contributed by atoms with Gasteiger partial charge >= 0.3 is 0 Å². The van der Waals surface area contributed by atoms with Crippen molar-refractivity contribution in [2.24, 2.45) is 7.05 Å². The summed E-state index contributed by atoms with van der Waals surface area (Å²) in [6, 6.07) is 0. The molecule has 1 unspecified atom stereocenters. The molecular formula is C14H22ClN5O. The molecule has 0 saturated carbocycles. The number of aryl methyl sites for hydroxylation is 2. The van der Waals surface area contributed by atoms with Crippen LogP contribution in [0.1, 0.15) is 37.7 Å². The monoisotopic (exact) mass is 311 g/mol. The summed E-state index contributed by atoms with van der Waals surface area (Å²) in [6.07, 6.45) is 0.799. The Morgan fingerprint density at radius 3 is 2.62 bits per heavy atom. The van der Waals surface area contributed by atoms with E-state index in [9.17, 15) is 4.79 Å². The van der Waals surface area contributed by atoms with Gasteiger partial charge in [0.1, 0.15) is 17.9 Å². The van der Waals surface area contributed by atoms with Gasteiger partial charge < -0.3 is 9.47 Å². The third kappa shape index (κ3) is 2.77. The van der Waals surface area contributed by atoms with E-state index in [4.69, 9.17) is 11.6 Å². The number of hydrogen-bond donors (Lipinski definition) is 0. The minimum absolute atomic E-state index is 0.0367. The van der Waals surface area contributed by atoms with Crippen molar-refractivity contribution in [3.05, 3.63) is 11.5 Å². The molecule has 1 atom stereocenters. The van der Waals surface area contributed by atoms with Crippen LogP contribution in [0.15, 0.2) is 0 Å². The quantitative estimate of drug-likeness (QED) is 0.795. The Morgan fingerprint density at radius 1 is 1.43 bits per heavy atom. The van der Waals surface area contributed by atoms with E-state index in [0.29, 0.717) is 12.4 Å². The van der Waals surface area contributed by atoms with E-state index in [0.717, 1.165) is 23.3 Å². The summed E-state index contributed by atoms with van der Waals surface area (Å²) in [7, 11) is 3.66. The second-order valence-electron chi connectivity index (χ2n) is 5.18. The highest BCUT2D eigenvalue weighted by Gasteiger charge is 2.23. The number of amides is 1. The molecule has 0 fully saturated rings. The Morgan fingerprint density at radius 2 is 2.10 bits per heavy atom. The molecule has 0 aliphatic carbocycles. The maximum atomic E-state index is 12.3. The molecule has 6 nitrogen and oxygen atoms in total. The lowest BCUT2D eigenvalue weighted by Gasteiger charge is -2.17. The number of hydrogen-bond acceptors (Lipinski definition) is 3. The van der Waals surface area contributed by atoms with Crippen molar-refractivity contribution in [2.75, 3.05) is 13.6 Å². The molecule has 0 N–H and O–H groups in total. The van der Waals surface area contributed by atoms with Crippen molar-refractivity contribution in [3.8, 4) is 0 Å². The SMILES string of the molecule is CCc1nn(C)c2c1nc(C(C)Cl)n2CC(=O)N(C)CC. The highest BCUT2D eigenvalue weighted by Crippen LogP contribution is 2.26. The van der Waals surface area contributed by atoms with Gasteiger partial charge in [0, 0.05) is 20.6 Å². The van der Waals surface area contributed by atoms with Gasteiger partial charge in [-0.1, -0.05) is 6.92 Å². The van der Waals surface area contributed by atoms with Gasteiger partial charge in [0.05, 0.1) is 11.1 Å². The van der Waals surface area contributed by atoms with Crippen molar-refractivity contribution < 1.29 is 4.79 Å². The maximum Gasteiger partial charge on any atom is 0.242 e. The first-order valence-corrected chi connectivity index (χ1v) is 7.64. The van der Waals surface area contributed by atoms with Crippen LogP contribution < -0.4 is 0 Å². The highest BCUT2D eigenvalue weighted by molar-refractivity contribution is 6.20. The fourth-order valence-corrected chi connectivity index (χ4v) is 2.56. The second kappa shape index (κ2) is 6.05. The molecule has 116 valence electrons. The van der Waals surface area contributed by atoms with Gasteiger partial charge in [-0.3, -0.25) is 9.48 Å². The molecule has 0 saturated heterocycles. The van der Waals surface area contributed by atoms with Crippen LogP contribution in [0.3, 0.4) is 0 Å². The zero-order valence-corrected chi connectivity index (χ0v) is 14.0. The summed E-state index contributed by atoms with van der Waals surface area (Å²) in [5, 5.41) is 4.20. The summed E-state index contributed by atoms with van der Waals surface area (Å²) in [5.74, 6) is 0.752. The molecule has 7 heteroatoms. The second-order valence-corrected chi connectivity index (χ2v) is 5.83. The van der Waals surface area contributed by atoms with Crippen LogP contribution in [0.4, 0.5) is 0 Å². The summed E-state index contributed by atoms with van der Waals surface area (Å²) in [5.41, 5.74) is 2.63. The fourth-order valence-electron chi connectivity index (χ4n) is 2.39. The largest absolute Gasteiger partial charge is 0.344 e. The van der Waals surface area contributed by atoms with E-state index >= 15 is 0 Å². The van der Waals surface area contributed by atoms with E-state index in [-0.39, 0.29) is 17.8 Å². The average molecular weight is 312 g/mol. The van der Waals surface area contributed by atoms with Gasteiger partial charge in [-0.2, -0.15) is 5.10 Å². The highest BCUT2D eigenvalue weighted by atomic mass is 35.5. The molecular weight excluding hydrogens is 290 g/mol. The van der Waals surface area contributed by atoms with Crippen LogP contribution in [0, 0.1) is 0 Å². The number of nitrogens with zero attached hydrogens (tertiary/aromatic N) is 5. The lowest BCUT2D eigenvalue weighted by Crippen LogP contribution is -2.30. The number of likely N-dealkylation sites (N-methyl/N-ethyl adjacent to an activating group) is 1. The van der Waals surface area contributed by atoms with Crippen molar-refractivity contribution in [1.29, 1.82) is 0 Å². The van der Waals surface area contributed by atoms with Gasteiger partial charge in [-0.15, -0.1) is 11.6 Å². The Kier molecular flexibility index (Phi) is 4.56. The minimum Gasteiger partial charge on any atom is -0.344 e. The van der Waals surface area contributed by atoms with Gasteiger partial charge in [0.2, 0.25) is 5.91 Å². The van der Waals surface area contributed by atoms with Gasteiger partial charge in [-0.25, -0.2) is 4.98 Å². The lowest BCUT2D eigenvalue weighted by molar-refractivity contribution is -0.130. The van der Waals surface area contributed by atoms with Crippen LogP contribution in [-0.2, 0) is 24.8 Å². The third-order valence-corrected chi connectivity index (χ3v) is 3.90. The molecule has 2 heterocycles. The molecule has 0 bridgehead atoms. The van der Waals surface area contributed by atoms with Crippen LogP contribution in [0.2, 0.25) is 0 Å². The first kappa shape index (κ1) is 15.8. The van der Waals surface area contributed by atoms with E-state index in [2.05, 4.69) is 10.1 Å². The van der Waals surface area contributed by atoms with E-state index in [1.807, 2.05) is 32.4 Å². The number of alkyl halides is 1. The fraction of sp³-hybridized carbons (Fsp3) is 0.643. The van der Waals surface area contributed by atoms with Gasteiger partial charge in [0.15, 0.2) is 5.65 Å². The zero-order valence-electron chi connectivity index (χ0n) is 13.2. The predicted octanol–water partition coefficient (Wildman–Crippen LogP) is 2.11. The van der Waals surface area contributed by atoms with Crippen LogP contribution in [0.5, 0.6) is 0 Å². The number of carbonyl (C=O) groups excluding carboxylic acids is 1. The van der Waals surface area contributed by atoms with Crippen molar-refractivity contribution in [2.45, 2.75) is 39.1 Å². The number of fused-ring (bicyclic) bond motifs is 1. The van der Waals surface area contributed by atoms with Crippen LogP contribution in [-0.4, -0.2) is 43.7 Å². The Balaban J connectivity index is 2.56. The summed E-state index contributed by atoms with van der Waals surface area (Å²) < 4.78 is 3.66. The molecule has 0 aliphatic heterocycles. The first-order valence-electron chi connectivity index (χ1n) is 7.20. The predicted molar refractivity (Wildman–Crippen MR) is 83.5 cm³/mol. The average Bonchev–Trinajstić information content (AvgIpc) is 2.96. The van der Waals surface area contributed by atoms with Gasteiger partial charge in [-0.05, 0) is 20.3 Å². The van der Waals surface area contributed by atoms with Crippen LogP contribution >= 0.6 is 11.6 Å². The van der Waals surface area contributed by atoms with Crippen molar-refractivity contribution in [3.63, 3.8) is 0 Å². The smallest absolute Gasteiger partial charge is 0.242 e. The molecule has 0 aliphatic rings. The molecule has 2 rings (SSSR count). The summed E-state index contributed by atoms with van der Waals surface area (Å²) in [6.45, 7) is 6.77. The number of imidazole rings is 1. The minimum atomic E-state index is -0.262. The number of halogens is 1. The van der Waals surface area contributed by atoms with Gasteiger partial charge in [0.25, 0.3) is 0 Å². The third-order valence-electron chi connectivity index (χ3n) is 3.71. The maximum absolute atomic E-state index is 12.3. The Hall–Kier alpha value is -1.56. The summed E-state index contributed by atoms with van der Waals surface area (Å²) >= 11 is 6.24. The number of aromatic nitrogens is 4. The van der Waals surface area contributed by atoms with E-state index < -0.39 is 0 Å². The van der Waals surface area contributed by atoms with Crippen molar-refractivity contribution >= 4 is 28.7 Å². The number of rotatable bonds is 5. The molecule has 2 aromatic heterocycles. The molecule has 0 aromatic carbocycles. The van der Waals surface area contributed by atoms with E-state index in [1.54, 1.807) is 16.6 Å². The lowest BCUT2D eigenvalue weighted by atomic mass is 10.3. The normalized spacial score (nSPS) is 12.9. The summed E-state index contributed by atoms with van der Waals surface area (Å²) in [4.78, 5) is 18.6. The Labute approximate surface area is 129 Å². The molecule has 0 radical (unpaired) electrons. The van der Waals surface area contributed by atoms with Crippen LogP contribution in [0.25, 0.3) is 11.2 Å². The Bertz CT molecular complexity index is 658. The first-order chi connectivity index (χ1) is 9.90. The number of carbonyl (C=O) groups is 1. The molecule has 2 aromatic rings. The van der Waals surface area contributed by atoms with E-state index in [1.165, 1.54) is 0 Å². The van der Waals surface area contributed by atoms with Crippen molar-refractivity contribution in [1.82, 2.24) is 24.2 Å². The topological polar surface area (TPSA) is 56.0 Å². The molecule has 1 amide bonds. The standard InChI is InChI=1S/C14H22ClN5O/c1-6-10-12-14(19(5)17-10)20(13(16-12)9(3)15)8-11(21)18(4)7-2/h9H,6-8H2,1-5H3. The zero-order chi connectivity index (χ0) is 15.7. The molecule has 0 spiro atoms. The molecule has 21 heavy (non-hydrogen) atoms.